The summed E-state index contributed by atoms with van der Waals surface area (Å²) in [4.78, 5) is 31.4. The first-order chi connectivity index (χ1) is 14.8. The molecule has 0 radical (unpaired) electrons. The SMILES string of the molecule is C/C(=N\Nc1nc2c(c(=O)[nH]c(=O)n2C)n1Cc1ccc(C)cc1)c1ccccc1O. The van der Waals surface area contributed by atoms with Crippen molar-refractivity contribution in [1.29, 1.82) is 0 Å². The maximum Gasteiger partial charge on any atom is 0.329 e. The van der Waals surface area contributed by atoms with E-state index in [2.05, 4.69) is 20.5 Å². The van der Waals surface area contributed by atoms with Gasteiger partial charge in [-0.1, -0.05) is 42.0 Å². The van der Waals surface area contributed by atoms with Gasteiger partial charge in [0.15, 0.2) is 11.2 Å². The second-order valence-corrected chi connectivity index (χ2v) is 7.32. The van der Waals surface area contributed by atoms with Gasteiger partial charge >= 0.3 is 5.69 Å². The monoisotopic (exact) mass is 418 g/mol. The Hall–Kier alpha value is -4.14. The fourth-order valence-electron chi connectivity index (χ4n) is 3.32. The van der Waals surface area contributed by atoms with Crippen molar-refractivity contribution in [2.24, 2.45) is 12.1 Å². The predicted octanol–water partition coefficient (Wildman–Crippen LogP) is 2.32. The molecule has 0 spiro atoms. The van der Waals surface area contributed by atoms with Crippen molar-refractivity contribution in [3.05, 3.63) is 86.1 Å². The van der Waals surface area contributed by atoms with Crippen LogP contribution in [0.2, 0.25) is 0 Å². The molecule has 158 valence electrons. The Morgan fingerprint density at radius 3 is 2.58 bits per heavy atom. The van der Waals surface area contributed by atoms with Crippen LogP contribution in [0.15, 0.2) is 63.2 Å². The number of fused-ring (bicyclic) bond motifs is 1. The summed E-state index contributed by atoms with van der Waals surface area (Å²) >= 11 is 0. The summed E-state index contributed by atoms with van der Waals surface area (Å²) in [6.07, 6.45) is 0. The van der Waals surface area contributed by atoms with Crippen LogP contribution < -0.4 is 16.7 Å². The topological polar surface area (TPSA) is 117 Å². The molecule has 0 aliphatic rings. The number of nitrogens with one attached hydrogen (secondary N) is 2. The number of para-hydroxylation sites is 1. The molecule has 0 saturated heterocycles. The Balaban J connectivity index is 1.83. The minimum absolute atomic E-state index is 0.109. The van der Waals surface area contributed by atoms with Crippen molar-refractivity contribution in [1.82, 2.24) is 19.1 Å². The first-order valence-electron chi connectivity index (χ1n) is 9.69. The van der Waals surface area contributed by atoms with Crippen LogP contribution in [-0.2, 0) is 13.6 Å². The lowest BCUT2D eigenvalue weighted by molar-refractivity contribution is 0.474. The second kappa shape index (κ2) is 7.94. The van der Waals surface area contributed by atoms with Crippen LogP contribution in [0.5, 0.6) is 5.75 Å². The number of anilines is 1. The van der Waals surface area contributed by atoms with Gasteiger partial charge in [-0.25, -0.2) is 10.2 Å². The molecule has 0 amide bonds. The van der Waals surface area contributed by atoms with Gasteiger partial charge < -0.3 is 5.11 Å². The van der Waals surface area contributed by atoms with Crippen LogP contribution in [0.3, 0.4) is 0 Å². The first-order valence-corrected chi connectivity index (χ1v) is 9.69. The third-order valence-electron chi connectivity index (χ3n) is 5.09. The number of aromatic amines is 1. The molecule has 0 atom stereocenters. The summed E-state index contributed by atoms with van der Waals surface area (Å²) < 4.78 is 2.97. The smallest absolute Gasteiger partial charge is 0.329 e. The number of benzene rings is 2. The Labute approximate surface area is 177 Å². The van der Waals surface area contributed by atoms with Crippen LogP contribution in [0, 0.1) is 6.92 Å². The number of rotatable bonds is 5. The maximum absolute atomic E-state index is 12.6. The van der Waals surface area contributed by atoms with Crippen molar-refractivity contribution >= 4 is 22.8 Å². The number of hydrogen-bond donors (Lipinski definition) is 3. The maximum atomic E-state index is 12.6. The van der Waals surface area contributed by atoms with E-state index in [4.69, 9.17) is 0 Å². The standard InChI is InChI=1S/C22H22N6O3/c1-13-8-10-15(11-9-13)12-28-18-19(27(3)22(31)24-20(18)30)23-21(28)26-25-14(2)16-6-4-5-7-17(16)29/h4-11,29H,12H2,1-3H3,(H,23,26)(H,24,30,31)/b25-14+. The molecule has 9 heteroatoms. The number of aromatic nitrogens is 4. The molecule has 0 aliphatic carbocycles. The fourth-order valence-corrected chi connectivity index (χ4v) is 3.32. The van der Waals surface area contributed by atoms with E-state index in [-0.39, 0.29) is 16.9 Å². The van der Waals surface area contributed by atoms with Gasteiger partial charge in [0.2, 0.25) is 5.95 Å². The molecule has 0 bridgehead atoms. The summed E-state index contributed by atoms with van der Waals surface area (Å²) in [5.74, 6) is 0.412. The summed E-state index contributed by atoms with van der Waals surface area (Å²) in [7, 11) is 1.55. The quantitative estimate of drug-likeness (QED) is 0.340. The van der Waals surface area contributed by atoms with Gasteiger partial charge in [-0.3, -0.25) is 18.9 Å². The van der Waals surface area contributed by atoms with Crippen molar-refractivity contribution in [3.63, 3.8) is 0 Å². The zero-order valence-electron chi connectivity index (χ0n) is 17.4. The molecule has 2 aromatic carbocycles. The van der Waals surface area contributed by atoms with Gasteiger partial charge in [0.1, 0.15) is 5.75 Å². The molecule has 0 fully saturated rings. The van der Waals surface area contributed by atoms with E-state index < -0.39 is 11.2 Å². The summed E-state index contributed by atoms with van der Waals surface area (Å²) in [6.45, 7) is 4.10. The normalized spacial score (nSPS) is 11.8. The lowest BCUT2D eigenvalue weighted by atomic mass is 10.1. The average molecular weight is 418 g/mol. The molecule has 4 aromatic rings. The highest BCUT2D eigenvalue weighted by molar-refractivity contribution is 6.01. The van der Waals surface area contributed by atoms with Gasteiger partial charge in [0, 0.05) is 12.6 Å². The molecular formula is C22H22N6O3. The molecule has 31 heavy (non-hydrogen) atoms. The van der Waals surface area contributed by atoms with Crippen LogP contribution in [0.4, 0.5) is 5.95 Å². The minimum atomic E-state index is -0.544. The van der Waals surface area contributed by atoms with Crippen molar-refractivity contribution in [3.8, 4) is 5.75 Å². The Bertz CT molecular complexity index is 1410. The van der Waals surface area contributed by atoms with Crippen LogP contribution in [-0.4, -0.2) is 29.9 Å². The average Bonchev–Trinajstić information content (AvgIpc) is 3.11. The minimum Gasteiger partial charge on any atom is -0.507 e. The summed E-state index contributed by atoms with van der Waals surface area (Å²) in [5, 5.41) is 14.4. The zero-order chi connectivity index (χ0) is 22.1. The van der Waals surface area contributed by atoms with Gasteiger partial charge in [0.05, 0.1) is 12.3 Å². The third kappa shape index (κ3) is 3.85. The summed E-state index contributed by atoms with van der Waals surface area (Å²) in [6, 6.07) is 14.8. The lowest BCUT2D eigenvalue weighted by Crippen LogP contribution is -2.29. The van der Waals surface area contributed by atoms with Crippen LogP contribution in [0.25, 0.3) is 11.2 Å². The number of phenolic OH excluding ortho intramolecular Hbond substituents is 1. The first kappa shape index (κ1) is 20.1. The van der Waals surface area contributed by atoms with E-state index in [1.54, 1.807) is 42.8 Å². The van der Waals surface area contributed by atoms with Crippen molar-refractivity contribution in [2.75, 3.05) is 5.43 Å². The number of hydrogen-bond acceptors (Lipinski definition) is 6. The number of aryl methyl sites for hydroxylation is 2. The van der Waals surface area contributed by atoms with E-state index in [1.165, 1.54) is 4.57 Å². The van der Waals surface area contributed by atoms with Crippen molar-refractivity contribution < 1.29 is 5.11 Å². The highest BCUT2D eigenvalue weighted by atomic mass is 16.3. The molecule has 3 N–H and O–H groups in total. The molecule has 0 unspecified atom stereocenters. The molecule has 0 saturated carbocycles. The Morgan fingerprint density at radius 1 is 1.16 bits per heavy atom. The van der Waals surface area contributed by atoms with Crippen LogP contribution >= 0.6 is 0 Å². The van der Waals surface area contributed by atoms with E-state index in [1.807, 2.05) is 31.2 Å². The lowest BCUT2D eigenvalue weighted by Gasteiger charge is -2.10. The molecular weight excluding hydrogens is 396 g/mol. The van der Waals surface area contributed by atoms with E-state index in [0.717, 1.165) is 11.1 Å². The Morgan fingerprint density at radius 2 is 1.87 bits per heavy atom. The van der Waals surface area contributed by atoms with Gasteiger partial charge in [-0.2, -0.15) is 10.1 Å². The highest BCUT2D eigenvalue weighted by Gasteiger charge is 2.18. The molecule has 2 aromatic heterocycles. The van der Waals surface area contributed by atoms with Crippen LogP contribution in [0.1, 0.15) is 23.6 Å². The number of nitrogens with zero attached hydrogens (tertiary/aromatic N) is 4. The second-order valence-electron chi connectivity index (χ2n) is 7.32. The molecule has 4 rings (SSSR count). The highest BCUT2D eigenvalue weighted by Crippen LogP contribution is 2.20. The Kier molecular flexibility index (Phi) is 5.16. The molecule has 0 aliphatic heterocycles. The number of H-pyrrole nitrogens is 1. The summed E-state index contributed by atoms with van der Waals surface area (Å²) in [5.41, 5.74) is 5.54. The molecule has 2 heterocycles. The largest absolute Gasteiger partial charge is 0.507 e. The van der Waals surface area contributed by atoms with Gasteiger partial charge in [-0.15, -0.1) is 0 Å². The fraction of sp³-hybridized carbons (Fsp3) is 0.182. The zero-order valence-corrected chi connectivity index (χ0v) is 17.4. The number of hydrazone groups is 1. The third-order valence-corrected chi connectivity index (χ3v) is 5.09. The number of aromatic hydroxyl groups is 1. The van der Waals surface area contributed by atoms with E-state index in [9.17, 15) is 14.7 Å². The van der Waals surface area contributed by atoms with Gasteiger partial charge in [-0.05, 0) is 31.5 Å². The number of phenols is 1. The number of imidazole rings is 1. The van der Waals surface area contributed by atoms with Gasteiger partial charge in [0.25, 0.3) is 5.56 Å². The van der Waals surface area contributed by atoms with E-state index >= 15 is 0 Å². The van der Waals surface area contributed by atoms with E-state index in [0.29, 0.717) is 23.8 Å². The van der Waals surface area contributed by atoms with Crippen molar-refractivity contribution in [2.45, 2.75) is 20.4 Å². The molecule has 9 nitrogen and oxygen atoms in total. The predicted molar refractivity (Wildman–Crippen MR) is 120 cm³/mol.